The maximum atomic E-state index is 12.8. The Morgan fingerprint density at radius 2 is 1.79 bits per heavy atom. The number of nitrogens with two attached hydrogens (primary N) is 1. The van der Waals surface area contributed by atoms with Crippen LogP contribution in [0.1, 0.15) is 11.1 Å². The second-order valence-electron chi connectivity index (χ2n) is 4.02. The van der Waals surface area contributed by atoms with E-state index in [1.807, 2.05) is 6.92 Å². The average Bonchev–Trinajstić information content (AvgIpc) is 2.41. The highest BCUT2D eigenvalue weighted by Gasteiger charge is 2.06. The Morgan fingerprint density at radius 3 is 2.37 bits per heavy atom. The van der Waals surface area contributed by atoms with E-state index >= 15 is 0 Å². The molecule has 0 atom stereocenters. The molecule has 0 saturated carbocycles. The molecule has 0 amide bonds. The summed E-state index contributed by atoms with van der Waals surface area (Å²) < 4.78 is 18.3. The number of nitrogens with zero attached hydrogens (tertiary/aromatic N) is 1. The zero-order valence-electron chi connectivity index (χ0n) is 10.3. The van der Waals surface area contributed by atoms with E-state index < -0.39 is 0 Å². The molecule has 0 radical (unpaired) electrons. The van der Waals surface area contributed by atoms with Crippen molar-refractivity contribution in [2.75, 3.05) is 0 Å². The maximum absolute atomic E-state index is 12.8. The number of amidine groups is 1. The van der Waals surface area contributed by atoms with Crippen LogP contribution in [0.5, 0.6) is 11.5 Å². The van der Waals surface area contributed by atoms with Gasteiger partial charge in [0, 0.05) is 5.56 Å². The molecule has 5 heteroatoms. The van der Waals surface area contributed by atoms with Crippen LogP contribution in [0.3, 0.4) is 0 Å². The molecule has 98 valence electrons. The zero-order chi connectivity index (χ0) is 13.8. The molecule has 0 fully saturated rings. The van der Waals surface area contributed by atoms with Gasteiger partial charge < -0.3 is 15.7 Å². The van der Waals surface area contributed by atoms with Crippen molar-refractivity contribution >= 4 is 5.84 Å². The summed E-state index contributed by atoms with van der Waals surface area (Å²) in [6, 6.07) is 10.9. The van der Waals surface area contributed by atoms with Gasteiger partial charge in [-0.1, -0.05) is 5.16 Å². The van der Waals surface area contributed by atoms with Crippen LogP contribution >= 0.6 is 0 Å². The third-order valence-electron chi connectivity index (χ3n) is 2.63. The van der Waals surface area contributed by atoms with E-state index in [1.165, 1.54) is 12.1 Å². The smallest absolute Gasteiger partial charge is 0.170 e. The lowest BCUT2D eigenvalue weighted by molar-refractivity contribution is 0.318. The van der Waals surface area contributed by atoms with Crippen LogP contribution in [0.15, 0.2) is 47.6 Å². The van der Waals surface area contributed by atoms with Crippen LogP contribution < -0.4 is 10.5 Å². The molecule has 19 heavy (non-hydrogen) atoms. The molecule has 0 aliphatic heterocycles. The summed E-state index contributed by atoms with van der Waals surface area (Å²) in [6.45, 7) is 1.82. The molecule has 2 rings (SSSR count). The number of benzene rings is 2. The van der Waals surface area contributed by atoms with Gasteiger partial charge in [0.05, 0.1) is 0 Å². The molecule has 0 spiro atoms. The van der Waals surface area contributed by atoms with E-state index in [0.29, 0.717) is 17.1 Å². The number of oxime groups is 1. The summed E-state index contributed by atoms with van der Waals surface area (Å²) in [6.07, 6.45) is 0. The first-order chi connectivity index (χ1) is 9.10. The van der Waals surface area contributed by atoms with Gasteiger partial charge in [-0.3, -0.25) is 0 Å². The topological polar surface area (TPSA) is 67.8 Å². The van der Waals surface area contributed by atoms with Crippen molar-refractivity contribution in [1.82, 2.24) is 0 Å². The number of hydrogen-bond donors (Lipinski definition) is 2. The fraction of sp³-hybridized carbons (Fsp3) is 0.0714. The highest BCUT2D eigenvalue weighted by molar-refractivity contribution is 5.98. The summed E-state index contributed by atoms with van der Waals surface area (Å²) in [5, 5.41) is 11.6. The van der Waals surface area contributed by atoms with E-state index in [1.54, 1.807) is 30.3 Å². The predicted octanol–water partition coefficient (Wildman–Crippen LogP) is 3.02. The Balaban J connectivity index is 2.23. The molecular formula is C14H13FN2O2. The first-order valence-corrected chi connectivity index (χ1v) is 5.62. The molecule has 0 aliphatic carbocycles. The highest BCUT2D eigenvalue weighted by Crippen LogP contribution is 2.24. The molecule has 0 bridgehead atoms. The van der Waals surface area contributed by atoms with Gasteiger partial charge in [-0.05, 0) is 55.0 Å². The minimum Gasteiger partial charge on any atom is -0.457 e. The monoisotopic (exact) mass is 260 g/mol. The molecule has 0 saturated heterocycles. The third kappa shape index (κ3) is 3.01. The fourth-order valence-corrected chi connectivity index (χ4v) is 1.68. The molecule has 2 aromatic rings. The fourth-order valence-electron chi connectivity index (χ4n) is 1.68. The van der Waals surface area contributed by atoms with Gasteiger partial charge in [-0.2, -0.15) is 0 Å². The summed E-state index contributed by atoms with van der Waals surface area (Å²) in [4.78, 5) is 0. The number of ether oxygens (including phenoxy) is 1. The van der Waals surface area contributed by atoms with Crippen molar-refractivity contribution in [2.45, 2.75) is 6.92 Å². The molecular weight excluding hydrogens is 247 g/mol. The van der Waals surface area contributed by atoms with Crippen LogP contribution in [0.4, 0.5) is 4.39 Å². The third-order valence-corrected chi connectivity index (χ3v) is 2.63. The van der Waals surface area contributed by atoms with Crippen molar-refractivity contribution in [2.24, 2.45) is 10.9 Å². The van der Waals surface area contributed by atoms with E-state index in [2.05, 4.69) is 5.16 Å². The zero-order valence-corrected chi connectivity index (χ0v) is 10.3. The summed E-state index contributed by atoms with van der Waals surface area (Å²) in [7, 11) is 0. The van der Waals surface area contributed by atoms with E-state index in [4.69, 9.17) is 15.7 Å². The van der Waals surface area contributed by atoms with Gasteiger partial charge in [-0.15, -0.1) is 0 Å². The number of aryl methyl sites for hydroxylation is 1. The summed E-state index contributed by atoms with van der Waals surface area (Å²) >= 11 is 0. The summed E-state index contributed by atoms with van der Waals surface area (Å²) in [5.74, 6) is 0.868. The average molecular weight is 260 g/mol. The quantitative estimate of drug-likeness (QED) is 0.386. The normalized spacial score (nSPS) is 11.4. The van der Waals surface area contributed by atoms with E-state index in [9.17, 15) is 4.39 Å². The van der Waals surface area contributed by atoms with Gasteiger partial charge in [0.25, 0.3) is 0 Å². The molecule has 0 aromatic heterocycles. The highest BCUT2D eigenvalue weighted by atomic mass is 19.1. The maximum Gasteiger partial charge on any atom is 0.170 e. The van der Waals surface area contributed by atoms with Crippen molar-refractivity contribution in [1.29, 1.82) is 0 Å². The van der Waals surface area contributed by atoms with Gasteiger partial charge in [0.15, 0.2) is 5.84 Å². The van der Waals surface area contributed by atoms with E-state index in [-0.39, 0.29) is 11.7 Å². The van der Waals surface area contributed by atoms with Crippen LogP contribution in [0.25, 0.3) is 0 Å². The van der Waals surface area contributed by atoms with Crippen molar-refractivity contribution in [3.8, 4) is 11.5 Å². The van der Waals surface area contributed by atoms with Gasteiger partial charge in [-0.25, -0.2) is 4.39 Å². The van der Waals surface area contributed by atoms with Crippen LogP contribution in [-0.2, 0) is 0 Å². The number of hydrogen-bond acceptors (Lipinski definition) is 3. The standard InChI is InChI=1S/C14H13FN2O2/c1-9-8-12(6-7-13(9)14(16)17-18)19-11-4-2-10(15)3-5-11/h2-8,18H,1H3,(H2,16,17). The molecule has 0 heterocycles. The van der Waals surface area contributed by atoms with Crippen molar-refractivity contribution in [3.05, 3.63) is 59.4 Å². The molecule has 4 nitrogen and oxygen atoms in total. The van der Waals surface area contributed by atoms with Gasteiger partial charge >= 0.3 is 0 Å². The molecule has 3 N–H and O–H groups in total. The van der Waals surface area contributed by atoms with Crippen LogP contribution in [0.2, 0.25) is 0 Å². The van der Waals surface area contributed by atoms with Crippen LogP contribution in [-0.4, -0.2) is 11.0 Å². The van der Waals surface area contributed by atoms with E-state index in [0.717, 1.165) is 5.56 Å². The lowest BCUT2D eigenvalue weighted by Gasteiger charge is -2.09. The number of rotatable bonds is 3. The molecule has 0 aliphatic rings. The molecule has 2 aromatic carbocycles. The Kier molecular flexibility index (Phi) is 3.66. The minimum absolute atomic E-state index is 0.0471. The van der Waals surface area contributed by atoms with Crippen molar-refractivity contribution in [3.63, 3.8) is 0 Å². The van der Waals surface area contributed by atoms with Crippen LogP contribution in [0, 0.1) is 12.7 Å². The first-order valence-electron chi connectivity index (χ1n) is 5.62. The molecule has 0 unspecified atom stereocenters. The lowest BCUT2D eigenvalue weighted by Crippen LogP contribution is -2.14. The second-order valence-corrected chi connectivity index (χ2v) is 4.02. The first kappa shape index (κ1) is 12.9. The van der Waals surface area contributed by atoms with Gasteiger partial charge in [0.2, 0.25) is 0 Å². The largest absolute Gasteiger partial charge is 0.457 e. The Bertz CT molecular complexity index is 609. The Hall–Kier alpha value is -2.56. The summed E-state index contributed by atoms with van der Waals surface area (Å²) in [5.41, 5.74) is 6.98. The second kappa shape index (κ2) is 5.39. The minimum atomic E-state index is -0.314. The SMILES string of the molecule is Cc1cc(Oc2ccc(F)cc2)ccc1/C(N)=N/O. The Labute approximate surface area is 109 Å². The van der Waals surface area contributed by atoms with Crippen molar-refractivity contribution < 1.29 is 14.3 Å². The number of halogens is 1. The Morgan fingerprint density at radius 1 is 1.16 bits per heavy atom. The lowest BCUT2D eigenvalue weighted by atomic mass is 10.1. The predicted molar refractivity (Wildman–Crippen MR) is 70.2 cm³/mol. The van der Waals surface area contributed by atoms with Gasteiger partial charge in [0.1, 0.15) is 17.3 Å².